The molecule has 0 saturated carbocycles. The molecule has 6 rings (SSSR count). The summed E-state index contributed by atoms with van der Waals surface area (Å²) in [6.45, 7) is 1.97. The zero-order chi connectivity index (χ0) is 23.4. The number of imide groups is 1. The number of aromatic amines is 1. The van der Waals surface area contributed by atoms with E-state index in [-0.39, 0.29) is 22.6 Å². The van der Waals surface area contributed by atoms with Gasteiger partial charge in [0.1, 0.15) is 5.25 Å². The molecule has 7 heteroatoms. The Balaban J connectivity index is 1.44. The number of aryl methyl sites for hydroxylation is 1. The number of nitrogens with zero attached hydrogens (tertiary/aromatic N) is 1. The zero-order valence-corrected chi connectivity index (χ0v) is 19.9. The molecule has 3 heterocycles. The van der Waals surface area contributed by atoms with Crippen molar-refractivity contribution in [3.63, 3.8) is 0 Å². The topological polar surface area (TPSA) is 70.2 Å². The first-order valence-corrected chi connectivity index (χ1v) is 12.7. The van der Waals surface area contributed by atoms with E-state index in [2.05, 4.69) is 17.1 Å². The van der Waals surface area contributed by atoms with E-state index >= 15 is 0 Å². The summed E-state index contributed by atoms with van der Waals surface area (Å²) in [4.78, 5) is 44.3. The molecule has 1 saturated heterocycles. The number of thioether (sulfide) groups is 1. The quantitative estimate of drug-likeness (QED) is 0.406. The van der Waals surface area contributed by atoms with E-state index in [1.54, 1.807) is 0 Å². The fourth-order valence-electron chi connectivity index (χ4n) is 4.84. The van der Waals surface area contributed by atoms with Crippen LogP contribution in [-0.2, 0) is 9.59 Å². The van der Waals surface area contributed by atoms with Gasteiger partial charge >= 0.3 is 4.87 Å². The molecule has 0 bridgehead atoms. The van der Waals surface area contributed by atoms with Crippen LogP contribution in [0.3, 0.4) is 0 Å². The number of hydrogen-bond acceptors (Lipinski definition) is 5. The smallest absolute Gasteiger partial charge is 0.305 e. The summed E-state index contributed by atoms with van der Waals surface area (Å²) in [6.07, 6.45) is 0. The zero-order valence-electron chi connectivity index (χ0n) is 18.2. The minimum absolute atomic E-state index is 0.168. The lowest BCUT2D eigenvalue weighted by molar-refractivity contribution is -0.122. The molecule has 1 fully saturated rings. The predicted molar refractivity (Wildman–Crippen MR) is 135 cm³/mol. The summed E-state index contributed by atoms with van der Waals surface area (Å²) in [5, 5.41) is 0.116. The number of nitrogens with one attached hydrogen (secondary N) is 1. The largest absolute Gasteiger partial charge is 0.307 e. The third-order valence-electron chi connectivity index (χ3n) is 6.49. The summed E-state index contributed by atoms with van der Waals surface area (Å²) >= 11 is 2.43. The third-order valence-corrected chi connectivity index (χ3v) is 8.89. The number of hydrogen-bond donors (Lipinski definition) is 1. The van der Waals surface area contributed by atoms with Gasteiger partial charge in [0.15, 0.2) is 0 Å². The highest BCUT2D eigenvalue weighted by Gasteiger charge is 2.56. The SMILES string of the molecule is Cc1ccc(N2C(=O)C3Sc4[nH]c(=O)sc4C(c4ccc(-c5ccccc5)cc4)C3C2=O)cc1. The van der Waals surface area contributed by atoms with E-state index in [4.69, 9.17) is 0 Å². The first-order valence-electron chi connectivity index (χ1n) is 11.0. The Labute approximate surface area is 204 Å². The van der Waals surface area contributed by atoms with Crippen molar-refractivity contribution in [3.05, 3.63) is 105 Å². The van der Waals surface area contributed by atoms with Gasteiger partial charge in [0.2, 0.25) is 11.8 Å². The average molecular weight is 485 g/mol. The number of carbonyl (C=O) groups is 2. The van der Waals surface area contributed by atoms with Crippen LogP contribution in [0.1, 0.15) is 21.9 Å². The number of amides is 2. The molecule has 0 radical (unpaired) electrons. The fourth-order valence-corrected chi connectivity index (χ4v) is 7.35. The minimum Gasteiger partial charge on any atom is -0.307 e. The predicted octanol–water partition coefficient (Wildman–Crippen LogP) is 5.21. The highest BCUT2D eigenvalue weighted by Crippen LogP contribution is 2.53. The molecule has 4 aromatic rings. The Hall–Kier alpha value is -3.42. The molecule has 2 aliphatic rings. The normalized spacial score (nSPS) is 21.4. The number of carbonyl (C=O) groups excluding carboxylic acids is 2. The Morgan fingerprint density at radius 3 is 2.18 bits per heavy atom. The van der Waals surface area contributed by atoms with Crippen LogP contribution in [0.5, 0.6) is 0 Å². The average Bonchev–Trinajstić information content (AvgIpc) is 3.35. The second kappa shape index (κ2) is 8.11. The van der Waals surface area contributed by atoms with Gasteiger partial charge in [0.05, 0.1) is 16.6 Å². The highest BCUT2D eigenvalue weighted by molar-refractivity contribution is 8.00. The number of aromatic nitrogens is 1. The standard InChI is InChI=1S/C27H20N2O3S2/c1-15-7-13-19(14-8-15)29-25(30)21-20(22-24(28-27(32)34-22)33-23(21)26(29)31)18-11-9-17(10-12-18)16-5-3-2-4-6-16/h2-14,20-21,23H,1H3,(H,28,32). The molecule has 2 amide bonds. The summed E-state index contributed by atoms with van der Waals surface area (Å²) in [7, 11) is 0. The monoisotopic (exact) mass is 484 g/mol. The number of rotatable bonds is 3. The molecule has 1 N–H and O–H groups in total. The van der Waals surface area contributed by atoms with E-state index in [0.29, 0.717) is 10.7 Å². The van der Waals surface area contributed by atoms with Crippen molar-refractivity contribution in [2.24, 2.45) is 5.92 Å². The molecule has 3 unspecified atom stereocenters. The molecule has 1 aromatic heterocycles. The van der Waals surface area contributed by atoms with Gasteiger partial charge in [0, 0.05) is 10.8 Å². The Morgan fingerprint density at radius 2 is 1.47 bits per heavy atom. The maximum absolute atomic E-state index is 13.7. The van der Waals surface area contributed by atoms with Crippen molar-refractivity contribution >= 4 is 40.6 Å². The van der Waals surface area contributed by atoms with Crippen molar-refractivity contribution < 1.29 is 9.59 Å². The van der Waals surface area contributed by atoms with Crippen molar-refractivity contribution in [2.45, 2.75) is 23.1 Å². The van der Waals surface area contributed by atoms with Crippen LogP contribution < -0.4 is 9.77 Å². The summed E-state index contributed by atoms with van der Waals surface area (Å²) in [6, 6.07) is 25.6. The first kappa shape index (κ1) is 21.1. The molecule has 3 aromatic carbocycles. The van der Waals surface area contributed by atoms with Crippen molar-refractivity contribution in [1.29, 1.82) is 0 Å². The number of H-pyrrole nitrogens is 1. The lowest BCUT2D eigenvalue weighted by atomic mass is 9.82. The molecule has 5 nitrogen and oxygen atoms in total. The number of fused-ring (bicyclic) bond motifs is 2. The summed E-state index contributed by atoms with van der Waals surface area (Å²) in [5.74, 6) is -1.37. The van der Waals surface area contributed by atoms with Crippen molar-refractivity contribution in [2.75, 3.05) is 4.90 Å². The number of thiazole rings is 1. The summed E-state index contributed by atoms with van der Waals surface area (Å²) < 4.78 is 0. The Morgan fingerprint density at radius 1 is 0.794 bits per heavy atom. The van der Waals surface area contributed by atoms with Crippen LogP contribution in [0, 0.1) is 12.8 Å². The first-order chi connectivity index (χ1) is 16.5. The van der Waals surface area contributed by atoms with Crippen molar-refractivity contribution in [3.8, 4) is 11.1 Å². The van der Waals surface area contributed by atoms with Gasteiger partial charge in [-0.05, 0) is 35.7 Å². The van der Waals surface area contributed by atoms with E-state index in [0.717, 1.165) is 38.5 Å². The van der Waals surface area contributed by atoms with E-state index in [1.807, 2.05) is 73.7 Å². The molecule has 2 aliphatic heterocycles. The molecule has 0 aliphatic carbocycles. The molecular formula is C27H20N2O3S2. The summed E-state index contributed by atoms with van der Waals surface area (Å²) in [5.41, 5.74) is 4.76. The lowest BCUT2D eigenvalue weighted by Crippen LogP contribution is -2.32. The Bertz CT molecular complexity index is 1460. The number of anilines is 1. The van der Waals surface area contributed by atoms with Crippen LogP contribution in [0.25, 0.3) is 11.1 Å². The van der Waals surface area contributed by atoms with E-state index in [1.165, 1.54) is 16.7 Å². The maximum Gasteiger partial charge on any atom is 0.305 e. The van der Waals surface area contributed by atoms with Gasteiger partial charge < -0.3 is 4.98 Å². The maximum atomic E-state index is 13.7. The second-order valence-corrected chi connectivity index (χ2v) is 10.8. The second-order valence-electron chi connectivity index (χ2n) is 8.59. The lowest BCUT2D eigenvalue weighted by Gasteiger charge is -2.29. The van der Waals surface area contributed by atoms with Gasteiger partial charge in [-0.2, -0.15) is 0 Å². The van der Waals surface area contributed by atoms with Gasteiger partial charge in [-0.1, -0.05) is 95.4 Å². The molecule has 34 heavy (non-hydrogen) atoms. The van der Waals surface area contributed by atoms with Gasteiger partial charge in [-0.3, -0.25) is 14.4 Å². The molecular weight excluding hydrogens is 464 g/mol. The van der Waals surface area contributed by atoms with E-state index in [9.17, 15) is 14.4 Å². The molecule has 3 atom stereocenters. The van der Waals surface area contributed by atoms with Crippen LogP contribution in [0.4, 0.5) is 5.69 Å². The third kappa shape index (κ3) is 3.35. The minimum atomic E-state index is -0.578. The van der Waals surface area contributed by atoms with Gasteiger partial charge in [0.25, 0.3) is 0 Å². The van der Waals surface area contributed by atoms with Crippen LogP contribution in [0.2, 0.25) is 0 Å². The van der Waals surface area contributed by atoms with Gasteiger partial charge in [-0.15, -0.1) is 0 Å². The number of benzene rings is 3. The molecule has 0 spiro atoms. The van der Waals surface area contributed by atoms with Crippen LogP contribution in [0.15, 0.2) is 88.7 Å². The van der Waals surface area contributed by atoms with Gasteiger partial charge in [-0.25, -0.2) is 4.90 Å². The highest BCUT2D eigenvalue weighted by atomic mass is 32.2. The molecule has 168 valence electrons. The van der Waals surface area contributed by atoms with Crippen LogP contribution >= 0.6 is 23.1 Å². The fraction of sp³-hybridized carbons (Fsp3) is 0.148. The van der Waals surface area contributed by atoms with Crippen LogP contribution in [-0.4, -0.2) is 22.0 Å². The van der Waals surface area contributed by atoms with Crippen molar-refractivity contribution in [1.82, 2.24) is 4.98 Å². The Kier molecular flexibility index (Phi) is 5.04. The van der Waals surface area contributed by atoms with E-state index < -0.39 is 11.2 Å².